The Hall–Kier alpha value is -2.21. The zero-order chi connectivity index (χ0) is 17.6. The standard InChI is InChI=1S/C18H22ClN5O/c1-25-14-6-4-11(5-7-14)24-12-2-3-13(24)9-10(8-12)15-16(19)22-18(21)23-17(15)20/h4-7,10,12-13H,2-3,8-9H2,1H3,(H4,20,21,22,23). The van der Waals surface area contributed by atoms with Gasteiger partial charge in [-0.25, -0.2) is 4.98 Å². The van der Waals surface area contributed by atoms with E-state index < -0.39 is 0 Å². The van der Waals surface area contributed by atoms with Crippen LogP contribution in [0.1, 0.15) is 37.2 Å². The van der Waals surface area contributed by atoms with Gasteiger partial charge in [0.1, 0.15) is 16.7 Å². The van der Waals surface area contributed by atoms with Gasteiger partial charge in [-0.2, -0.15) is 4.98 Å². The molecule has 1 aromatic heterocycles. The van der Waals surface area contributed by atoms with Crippen LogP contribution in [0.2, 0.25) is 5.15 Å². The summed E-state index contributed by atoms with van der Waals surface area (Å²) in [5, 5.41) is 0.396. The lowest BCUT2D eigenvalue weighted by molar-refractivity contribution is 0.410. The molecule has 132 valence electrons. The van der Waals surface area contributed by atoms with Gasteiger partial charge in [0.15, 0.2) is 0 Å². The number of halogens is 1. The number of ether oxygens (including phenoxy) is 1. The lowest BCUT2D eigenvalue weighted by atomic mass is 9.85. The highest BCUT2D eigenvalue weighted by molar-refractivity contribution is 6.30. The molecular weight excluding hydrogens is 338 g/mol. The molecule has 2 aliphatic rings. The van der Waals surface area contributed by atoms with Crippen molar-refractivity contribution in [3.05, 3.63) is 35.0 Å². The van der Waals surface area contributed by atoms with Crippen LogP contribution in [0, 0.1) is 0 Å². The number of fused-ring (bicyclic) bond motifs is 2. The molecule has 0 aliphatic carbocycles. The van der Waals surface area contributed by atoms with E-state index in [-0.39, 0.29) is 11.9 Å². The van der Waals surface area contributed by atoms with E-state index in [0.717, 1.165) is 24.2 Å². The average Bonchev–Trinajstić information content (AvgIpc) is 2.84. The van der Waals surface area contributed by atoms with Crippen molar-refractivity contribution in [1.29, 1.82) is 0 Å². The van der Waals surface area contributed by atoms with Crippen LogP contribution in [0.15, 0.2) is 24.3 Å². The molecule has 2 unspecified atom stereocenters. The lowest BCUT2D eigenvalue weighted by Crippen LogP contribution is -2.42. The van der Waals surface area contributed by atoms with E-state index in [1.165, 1.54) is 18.5 Å². The van der Waals surface area contributed by atoms with Crippen LogP contribution >= 0.6 is 11.6 Å². The highest BCUT2D eigenvalue weighted by Crippen LogP contribution is 2.47. The van der Waals surface area contributed by atoms with Crippen LogP contribution in [0.3, 0.4) is 0 Å². The minimum Gasteiger partial charge on any atom is -0.497 e. The first kappa shape index (κ1) is 16.3. The van der Waals surface area contributed by atoms with Crippen molar-refractivity contribution < 1.29 is 4.74 Å². The molecule has 4 N–H and O–H groups in total. The molecule has 3 heterocycles. The number of methoxy groups -OCH3 is 1. The predicted octanol–water partition coefficient (Wildman–Crippen LogP) is 3.22. The molecule has 2 aliphatic heterocycles. The third-order valence-electron chi connectivity index (χ3n) is 5.46. The molecule has 6 nitrogen and oxygen atoms in total. The van der Waals surface area contributed by atoms with Crippen molar-refractivity contribution >= 4 is 29.1 Å². The number of hydrogen-bond acceptors (Lipinski definition) is 6. The Balaban J connectivity index is 1.59. The fraction of sp³-hybridized carbons (Fsp3) is 0.444. The molecule has 2 bridgehead atoms. The van der Waals surface area contributed by atoms with E-state index in [9.17, 15) is 0 Å². The maximum absolute atomic E-state index is 6.33. The number of nitrogen functional groups attached to an aromatic ring is 2. The van der Waals surface area contributed by atoms with Crippen LogP contribution in [0.25, 0.3) is 0 Å². The van der Waals surface area contributed by atoms with Gasteiger partial charge in [-0.1, -0.05) is 11.6 Å². The summed E-state index contributed by atoms with van der Waals surface area (Å²) < 4.78 is 5.27. The minimum atomic E-state index is 0.130. The van der Waals surface area contributed by atoms with Gasteiger partial charge >= 0.3 is 0 Å². The molecule has 2 atom stereocenters. The van der Waals surface area contributed by atoms with Crippen molar-refractivity contribution in [3.63, 3.8) is 0 Å². The van der Waals surface area contributed by atoms with Gasteiger partial charge in [0.2, 0.25) is 5.95 Å². The number of aromatic nitrogens is 2. The van der Waals surface area contributed by atoms with Crippen molar-refractivity contribution in [2.45, 2.75) is 43.7 Å². The highest BCUT2D eigenvalue weighted by atomic mass is 35.5. The maximum Gasteiger partial charge on any atom is 0.223 e. The third-order valence-corrected chi connectivity index (χ3v) is 5.75. The van der Waals surface area contributed by atoms with E-state index in [1.807, 2.05) is 12.1 Å². The largest absolute Gasteiger partial charge is 0.497 e. The summed E-state index contributed by atoms with van der Waals surface area (Å²) in [6.45, 7) is 0. The van der Waals surface area contributed by atoms with Gasteiger partial charge in [-0.15, -0.1) is 0 Å². The number of nitrogens with two attached hydrogens (primary N) is 2. The normalized spacial score (nSPS) is 25.2. The summed E-state index contributed by atoms with van der Waals surface area (Å²) in [6.07, 6.45) is 4.36. The first-order chi connectivity index (χ1) is 12.1. The van der Waals surface area contributed by atoms with E-state index in [2.05, 4.69) is 27.0 Å². The van der Waals surface area contributed by atoms with Crippen molar-refractivity contribution in [2.24, 2.45) is 0 Å². The Morgan fingerprint density at radius 3 is 2.28 bits per heavy atom. The minimum absolute atomic E-state index is 0.130. The molecule has 4 rings (SSSR count). The summed E-state index contributed by atoms with van der Waals surface area (Å²) in [5.74, 6) is 1.70. The van der Waals surface area contributed by atoms with E-state index in [1.54, 1.807) is 7.11 Å². The smallest absolute Gasteiger partial charge is 0.223 e. The first-order valence-corrected chi connectivity index (χ1v) is 8.95. The molecule has 7 heteroatoms. The molecule has 2 saturated heterocycles. The van der Waals surface area contributed by atoms with Crippen LogP contribution in [0.5, 0.6) is 5.75 Å². The second-order valence-corrected chi connectivity index (χ2v) is 7.19. The van der Waals surface area contributed by atoms with Crippen LogP contribution in [-0.2, 0) is 0 Å². The van der Waals surface area contributed by atoms with Crippen molar-refractivity contribution in [3.8, 4) is 5.75 Å². The molecule has 25 heavy (non-hydrogen) atoms. The quantitative estimate of drug-likeness (QED) is 0.818. The molecule has 1 aromatic carbocycles. The number of piperidine rings is 1. The summed E-state index contributed by atoms with van der Waals surface area (Å²) in [6, 6.07) is 9.26. The van der Waals surface area contributed by atoms with E-state index >= 15 is 0 Å². The Labute approximate surface area is 152 Å². The van der Waals surface area contributed by atoms with Crippen LogP contribution < -0.4 is 21.1 Å². The predicted molar refractivity (Wildman–Crippen MR) is 100 cm³/mol. The van der Waals surface area contributed by atoms with Crippen LogP contribution in [-0.4, -0.2) is 29.2 Å². The Bertz CT molecular complexity index is 745. The topological polar surface area (TPSA) is 90.3 Å². The number of nitrogens with zero attached hydrogens (tertiary/aromatic N) is 3. The average molecular weight is 360 g/mol. The van der Waals surface area contributed by atoms with Gasteiger partial charge in [-0.05, 0) is 55.9 Å². The second-order valence-electron chi connectivity index (χ2n) is 6.83. The van der Waals surface area contributed by atoms with Crippen LogP contribution in [0.4, 0.5) is 17.5 Å². The zero-order valence-electron chi connectivity index (χ0n) is 14.2. The Kier molecular flexibility index (Phi) is 4.07. The molecular formula is C18H22ClN5O. The molecule has 0 saturated carbocycles. The summed E-state index contributed by atoms with van der Waals surface area (Å²) in [5.41, 5.74) is 13.9. The van der Waals surface area contributed by atoms with Crippen molar-refractivity contribution in [1.82, 2.24) is 9.97 Å². The fourth-order valence-electron chi connectivity index (χ4n) is 4.44. The third kappa shape index (κ3) is 2.84. The Morgan fingerprint density at radius 2 is 1.72 bits per heavy atom. The summed E-state index contributed by atoms with van der Waals surface area (Å²) >= 11 is 6.33. The van der Waals surface area contributed by atoms with Gasteiger partial charge in [0.25, 0.3) is 0 Å². The second kappa shape index (κ2) is 6.26. The van der Waals surface area contributed by atoms with E-state index in [4.69, 9.17) is 27.8 Å². The highest BCUT2D eigenvalue weighted by Gasteiger charge is 2.42. The number of benzene rings is 1. The van der Waals surface area contributed by atoms with Gasteiger partial charge < -0.3 is 21.1 Å². The number of hydrogen-bond donors (Lipinski definition) is 2. The molecule has 2 aromatic rings. The molecule has 0 spiro atoms. The first-order valence-electron chi connectivity index (χ1n) is 8.57. The van der Waals surface area contributed by atoms with Gasteiger partial charge in [0, 0.05) is 23.3 Å². The van der Waals surface area contributed by atoms with Crippen molar-refractivity contribution in [2.75, 3.05) is 23.5 Å². The SMILES string of the molecule is COc1ccc(N2C3CCC2CC(c2c(N)nc(N)nc2Cl)C3)cc1. The fourth-order valence-corrected chi connectivity index (χ4v) is 4.78. The summed E-state index contributed by atoms with van der Waals surface area (Å²) in [7, 11) is 1.69. The molecule has 0 radical (unpaired) electrons. The van der Waals surface area contributed by atoms with Gasteiger partial charge in [0.05, 0.1) is 7.11 Å². The molecule has 2 fully saturated rings. The lowest BCUT2D eigenvalue weighted by Gasteiger charge is -2.41. The zero-order valence-corrected chi connectivity index (χ0v) is 14.9. The number of rotatable bonds is 3. The monoisotopic (exact) mass is 359 g/mol. The number of anilines is 3. The molecule has 0 amide bonds. The Morgan fingerprint density at radius 1 is 1.08 bits per heavy atom. The summed E-state index contributed by atoms with van der Waals surface area (Å²) in [4.78, 5) is 10.7. The van der Waals surface area contributed by atoms with Gasteiger partial charge in [-0.3, -0.25) is 0 Å². The van der Waals surface area contributed by atoms with E-state index in [0.29, 0.717) is 23.1 Å². The maximum atomic E-state index is 6.33.